The summed E-state index contributed by atoms with van der Waals surface area (Å²) in [5, 5.41) is -2.27. The van der Waals surface area contributed by atoms with Crippen LogP contribution in [-0.4, -0.2) is 44.0 Å². The fourth-order valence-corrected chi connectivity index (χ4v) is 2.66. The molecule has 0 aromatic carbocycles. The minimum atomic E-state index is -3.64. The van der Waals surface area contributed by atoms with Crippen molar-refractivity contribution >= 4 is 27.3 Å². The third kappa shape index (κ3) is 3.53. The SMILES string of the molecule is COc1nc2c(nc1OC)C(NS(C)(=O)=O)=CC(F)(Cl)C2. The predicted molar refractivity (Wildman–Crippen MR) is 74.5 cm³/mol. The standard InChI is InChI=1S/C11H13ClFN3O4S/c1-19-9-10(20-2)15-8-6(14-9)4-11(12,13)5-7(8)16-21(3,17)18/h5,16H,4H2,1-3H3. The number of nitrogens with zero attached hydrogens (tertiary/aromatic N) is 2. The van der Waals surface area contributed by atoms with Gasteiger partial charge in [-0.3, -0.25) is 4.72 Å². The molecule has 0 aliphatic heterocycles. The van der Waals surface area contributed by atoms with Gasteiger partial charge in [-0.2, -0.15) is 0 Å². The van der Waals surface area contributed by atoms with Gasteiger partial charge in [0.05, 0.1) is 31.9 Å². The molecular formula is C11H13ClFN3O4S. The molecule has 1 aliphatic rings. The lowest BCUT2D eigenvalue weighted by atomic mass is 10.0. The van der Waals surface area contributed by atoms with Crippen LogP contribution >= 0.6 is 11.6 Å². The molecule has 1 atom stereocenters. The highest BCUT2D eigenvalue weighted by atomic mass is 35.5. The number of allylic oxidation sites excluding steroid dienone is 1. The molecule has 7 nitrogen and oxygen atoms in total. The van der Waals surface area contributed by atoms with Gasteiger partial charge in [-0.1, -0.05) is 11.6 Å². The van der Waals surface area contributed by atoms with E-state index in [-0.39, 0.29) is 35.3 Å². The van der Waals surface area contributed by atoms with Gasteiger partial charge >= 0.3 is 0 Å². The second kappa shape index (κ2) is 5.30. The summed E-state index contributed by atoms with van der Waals surface area (Å²) in [5.74, 6) is 0.114. The zero-order chi connectivity index (χ0) is 15.8. The lowest BCUT2D eigenvalue weighted by Gasteiger charge is -2.24. The van der Waals surface area contributed by atoms with Gasteiger partial charge in [-0.25, -0.2) is 22.8 Å². The third-order valence-electron chi connectivity index (χ3n) is 2.60. The Kier molecular flexibility index (Phi) is 3.98. The molecule has 10 heteroatoms. The van der Waals surface area contributed by atoms with Gasteiger partial charge < -0.3 is 9.47 Å². The molecule has 0 saturated heterocycles. The lowest BCUT2D eigenvalue weighted by Crippen LogP contribution is -2.30. The Hall–Kier alpha value is -1.61. The molecule has 1 unspecified atom stereocenters. The molecule has 1 heterocycles. The van der Waals surface area contributed by atoms with Crippen molar-refractivity contribution in [3.8, 4) is 11.8 Å². The van der Waals surface area contributed by atoms with Crippen molar-refractivity contribution in [3.05, 3.63) is 17.5 Å². The molecule has 1 aromatic rings. The highest BCUT2D eigenvalue weighted by Crippen LogP contribution is 2.36. The molecule has 0 saturated carbocycles. The average molecular weight is 338 g/mol. The second-order valence-electron chi connectivity index (χ2n) is 4.41. The summed E-state index contributed by atoms with van der Waals surface area (Å²) in [5.41, 5.74) is 0.218. The maximum atomic E-state index is 14.1. The first-order valence-corrected chi connectivity index (χ1v) is 8.00. The topological polar surface area (TPSA) is 90.4 Å². The van der Waals surface area contributed by atoms with Crippen LogP contribution in [0.2, 0.25) is 0 Å². The van der Waals surface area contributed by atoms with Gasteiger partial charge in [0.2, 0.25) is 15.2 Å². The van der Waals surface area contributed by atoms with Crippen LogP contribution in [-0.2, 0) is 16.4 Å². The Morgan fingerprint density at radius 3 is 2.43 bits per heavy atom. The largest absolute Gasteiger partial charge is 0.477 e. The maximum absolute atomic E-state index is 14.1. The molecule has 21 heavy (non-hydrogen) atoms. The first-order chi connectivity index (χ1) is 9.65. The van der Waals surface area contributed by atoms with Gasteiger partial charge in [-0.15, -0.1) is 0 Å². The van der Waals surface area contributed by atoms with E-state index < -0.39 is 15.2 Å². The quantitative estimate of drug-likeness (QED) is 0.819. The number of sulfonamides is 1. The van der Waals surface area contributed by atoms with Crippen LogP contribution in [0.4, 0.5) is 4.39 Å². The van der Waals surface area contributed by atoms with E-state index in [1.54, 1.807) is 0 Å². The van der Waals surface area contributed by atoms with E-state index in [2.05, 4.69) is 14.7 Å². The molecule has 1 aromatic heterocycles. The number of hydrogen-bond acceptors (Lipinski definition) is 6. The van der Waals surface area contributed by atoms with Crippen molar-refractivity contribution in [3.63, 3.8) is 0 Å². The average Bonchev–Trinajstić information content (AvgIpc) is 2.34. The fourth-order valence-electron chi connectivity index (χ4n) is 1.87. The highest BCUT2D eigenvalue weighted by molar-refractivity contribution is 7.89. The van der Waals surface area contributed by atoms with E-state index in [1.165, 1.54) is 14.2 Å². The Bertz CT molecular complexity index is 706. The maximum Gasteiger partial charge on any atom is 0.278 e. The van der Waals surface area contributed by atoms with Gasteiger partial charge in [0.1, 0.15) is 5.69 Å². The molecule has 116 valence electrons. The molecule has 1 aliphatic carbocycles. The summed E-state index contributed by atoms with van der Waals surface area (Å²) in [7, 11) is -0.920. The van der Waals surface area contributed by atoms with Crippen molar-refractivity contribution in [2.75, 3.05) is 20.5 Å². The lowest BCUT2D eigenvalue weighted by molar-refractivity contribution is 0.317. The number of alkyl halides is 2. The zero-order valence-electron chi connectivity index (χ0n) is 11.5. The number of halogens is 2. The van der Waals surface area contributed by atoms with Crippen LogP contribution in [0, 0.1) is 0 Å². The number of rotatable bonds is 4. The summed E-state index contributed by atoms with van der Waals surface area (Å²) in [6.07, 6.45) is 1.61. The number of hydrogen-bond donors (Lipinski definition) is 1. The zero-order valence-corrected chi connectivity index (χ0v) is 13.0. The van der Waals surface area contributed by atoms with Crippen LogP contribution in [0.5, 0.6) is 11.8 Å². The van der Waals surface area contributed by atoms with Gasteiger partial charge in [0.15, 0.2) is 0 Å². The Morgan fingerprint density at radius 2 is 1.90 bits per heavy atom. The van der Waals surface area contributed by atoms with Crippen LogP contribution in [0.3, 0.4) is 0 Å². The summed E-state index contributed by atoms with van der Waals surface area (Å²) >= 11 is 5.67. The van der Waals surface area contributed by atoms with Gasteiger partial charge in [0, 0.05) is 6.42 Å². The summed E-state index contributed by atoms with van der Waals surface area (Å²) in [6, 6.07) is 0. The first-order valence-electron chi connectivity index (χ1n) is 5.73. The van der Waals surface area contributed by atoms with Crippen LogP contribution in [0.1, 0.15) is 11.4 Å². The van der Waals surface area contributed by atoms with E-state index in [0.29, 0.717) is 0 Å². The molecule has 0 bridgehead atoms. The van der Waals surface area contributed by atoms with E-state index in [1.807, 2.05) is 0 Å². The molecule has 0 amide bonds. The monoisotopic (exact) mass is 337 g/mol. The van der Waals surface area contributed by atoms with Gasteiger partial charge in [-0.05, 0) is 6.08 Å². The van der Waals surface area contributed by atoms with Crippen molar-refractivity contribution < 1.29 is 22.3 Å². The summed E-state index contributed by atoms with van der Waals surface area (Å²) in [4.78, 5) is 8.17. The van der Waals surface area contributed by atoms with Crippen LogP contribution in [0.25, 0.3) is 5.70 Å². The molecule has 2 rings (SSSR count). The van der Waals surface area contributed by atoms with E-state index in [9.17, 15) is 12.8 Å². The van der Waals surface area contributed by atoms with E-state index in [4.69, 9.17) is 21.1 Å². The summed E-state index contributed by atoms with van der Waals surface area (Å²) < 4.78 is 49.0. The smallest absolute Gasteiger partial charge is 0.278 e. The number of methoxy groups -OCH3 is 2. The van der Waals surface area contributed by atoms with Crippen LogP contribution in [0.15, 0.2) is 6.08 Å². The highest BCUT2D eigenvalue weighted by Gasteiger charge is 2.35. The van der Waals surface area contributed by atoms with Crippen molar-refractivity contribution in [1.82, 2.24) is 14.7 Å². The van der Waals surface area contributed by atoms with Gasteiger partial charge in [0.25, 0.3) is 11.8 Å². The number of nitrogens with one attached hydrogen (secondary N) is 1. The van der Waals surface area contributed by atoms with E-state index in [0.717, 1.165) is 12.3 Å². The third-order valence-corrected chi connectivity index (χ3v) is 3.44. The van der Waals surface area contributed by atoms with E-state index >= 15 is 0 Å². The fraction of sp³-hybridized carbons (Fsp3) is 0.455. The molecular weight excluding hydrogens is 325 g/mol. The first kappa shape index (κ1) is 15.8. The molecule has 0 radical (unpaired) electrons. The van der Waals surface area contributed by atoms with Crippen molar-refractivity contribution in [1.29, 1.82) is 0 Å². The number of aromatic nitrogens is 2. The minimum absolute atomic E-state index is 0.0541. The Morgan fingerprint density at radius 1 is 1.33 bits per heavy atom. The molecule has 0 spiro atoms. The number of fused-ring (bicyclic) bond motifs is 1. The van der Waals surface area contributed by atoms with Crippen molar-refractivity contribution in [2.24, 2.45) is 0 Å². The molecule has 0 fully saturated rings. The summed E-state index contributed by atoms with van der Waals surface area (Å²) in [6.45, 7) is 0. The Balaban J connectivity index is 2.61. The minimum Gasteiger partial charge on any atom is -0.477 e. The van der Waals surface area contributed by atoms with Crippen LogP contribution < -0.4 is 14.2 Å². The van der Waals surface area contributed by atoms with Crippen molar-refractivity contribution in [2.45, 2.75) is 11.5 Å². The normalized spacial score (nSPS) is 21.3. The molecule has 1 N–H and O–H groups in total. The number of ether oxygens (including phenoxy) is 2. The Labute approximate surface area is 126 Å². The second-order valence-corrected chi connectivity index (χ2v) is 6.78. The predicted octanol–water partition coefficient (Wildman–Crippen LogP) is 0.845.